The molecule has 4 heteroatoms. The van der Waals surface area contributed by atoms with Gasteiger partial charge in [-0.05, 0) is 51.3 Å². The quantitative estimate of drug-likeness (QED) is 0.771. The van der Waals surface area contributed by atoms with Crippen molar-refractivity contribution >= 4 is 17.5 Å². The van der Waals surface area contributed by atoms with Gasteiger partial charge in [-0.3, -0.25) is 4.79 Å². The first-order valence-corrected chi connectivity index (χ1v) is 7.66. The summed E-state index contributed by atoms with van der Waals surface area (Å²) in [7, 11) is 3.93. The predicted molar refractivity (Wildman–Crippen MR) is 71.5 cm³/mol. The van der Waals surface area contributed by atoms with Gasteiger partial charge in [-0.15, -0.1) is 0 Å². The molecule has 0 saturated carbocycles. The van der Waals surface area contributed by atoms with E-state index in [0.29, 0.717) is 12.3 Å². The first kappa shape index (κ1) is 13.4. The van der Waals surface area contributed by atoms with E-state index in [2.05, 4.69) is 0 Å². The summed E-state index contributed by atoms with van der Waals surface area (Å²) < 4.78 is 6.01. The number of carbonyl (C=O) groups excluding carboxylic acids is 1. The van der Waals surface area contributed by atoms with Crippen molar-refractivity contribution in [2.75, 3.05) is 38.8 Å². The van der Waals surface area contributed by atoms with Crippen LogP contribution in [0.2, 0.25) is 0 Å². The van der Waals surface area contributed by atoms with Gasteiger partial charge in [0.1, 0.15) is 5.78 Å². The summed E-state index contributed by atoms with van der Waals surface area (Å²) in [5.74, 6) is 3.01. The molecule has 2 aliphatic heterocycles. The second-order valence-electron chi connectivity index (χ2n) is 5.54. The molecule has 0 amide bonds. The molecule has 0 bridgehead atoms. The largest absolute Gasteiger partial charge is 0.375 e. The Bertz CT molecular complexity index is 269. The van der Waals surface area contributed by atoms with Gasteiger partial charge in [-0.1, -0.05) is 0 Å². The predicted octanol–water partition coefficient (Wildman–Crippen LogP) is 1.81. The molecular formula is C13H23NO2S. The number of likely N-dealkylation sites (N-methyl/N-ethyl adjacent to an activating group) is 1. The van der Waals surface area contributed by atoms with Gasteiger partial charge in [0.25, 0.3) is 0 Å². The fraction of sp³-hybridized carbons (Fsp3) is 0.923. The first-order chi connectivity index (χ1) is 8.11. The standard InChI is InChI=1S/C13H23NO2S/c1-14(2)10-12(15)11-3-6-16-13(9-11)4-7-17-8-5-13/h11H,3-10H2,1-2H3. The summed E-state index contributed by atoms with van der Waals surface area (Å²) in [6, 6.07) is 0. The van der Waals surface area contributed by atoms with E-state index in [1.165, 1.54) is 11.5 Å². The number of hydrogen-bond donors (Lipinski definition) is 0. The van der Waals surface area contributed by atoms with Crippen LogP contribution >= 0.6 is 11.8 Å². The van der Waals surface area contributed by atoms with Crippen molar-refractivity contribution in [3.63, 3.8) is 0 Å². The molecule has 2 saturated heterocycles. The number of nitrogens with zero attached hydrogens (tertiary/aromatic N) is 1. The average Bonchev–Trinajstić information content (AvgIpc) is 2.29. The van der Waals surface area contributed by atoms with Crippen molar-refractivity contribution in [2.24, 2.45) is 5.92 Å². The minimum atomic E-state index is 0.0378. The number of rotatable bonds is 3. The van der Waals surface area contributed by atoms with Crippen LogP contribution in [-0.4, -0.2) is 55.0 Å². The molecular weight excluding hydrogens is 234 g/mol. The van der Waals surface area contributed by atoms with E-state index >= 15 is 0 Å². The molecule has 2 heterocycles. The number of Topliss-reactive ketones (excluding diaryl/α,β-unsaturated/α-hetero) is 1. The summed E-state index contributed by atoms with van der Waals surface area (Å²) in [4.78, 5) is 14.1. The van der Waals surface area contributed by atoms with E-state index in [4.69, 9.17) is 4.74 Å². The third kappa shape index (κ3) is 3.46. The van der Waals surface area contributed by atoms with Crippen LogP contribution in [0.1, 0.15) is 25.7 Å². The zero-order valence-corrected chi connectivity index (χ0v) is 11.7. The Morgan fingerprint density at radius 3 is 2.76 bits per heavy atom. The van der Waals surface area contributed by atoms with E-state index < -0.39 is 0 Å². The van der Waals surface area contributed by atoms with Crippen LogP contribution in [0.25, 0.3) is 0 Å². The van der Waals surface area contributed by atoms with Crippen molar-refractivity contribution in [1.82, 2.24) is 4.90 Å². The lowest BCUT2D eigenvalue weighted by Gasteiger charge is -2.43. The minimum Gasteiger partial charge on any atom is -0.375 e. The number of carbonyl (C=O) groups is 1. The molecule has 0 aromatic rings. The molecule has 0 aliphatic carbocycles. The second-order valence-corrected chi connectivity index (χ2v) is 6.76. The Balaban J connectivity index is 1.94. The fourth-order valence-electron chi connectivity index (χ4n) is 2.84. The summed E-state index contributed by atoms with van der Waals surface area (Å²) in [6.07, 6.45) is 4.13. The second kappa shape index (κ2) is 5.72. The van der Waals surface area contributed by atoms with Gasteiger partial charge in [0.05, 0.1) is 12.1 Å². The number of thioether (sulfide) groups is 1. The number of ketones is 1. The van der Waals surface area contributed by atoms with E-state index in [0.717, 1.165) is 32.3 Å². The lowest BCUT2D eigenvalue weighted by molar-refractivity contribution is -0.138. The zero-order valence-electron chi connectivity index (χ0n) is 10.9. The van der Waals surface area contributed by atoms with Gasteiger partial charge in [-0.2, -0.15) is 11.8 Å². The van der Waals surface area contributed by atoms with Crippen molar-refractivity contribution in [1.29, 1.82) is 0 Å². The maximum atomic E-state index is 12.1. The van der Waals surface area contributed by atoms with Gasteiger partial charge in [0.2, 0.25) is 0 Å². The fourth-order valence-corrected chi connectivity index (χ4v) is 4.07. The lowest BCUT2D eigenvalue weighted by atomic mass is 9.80. The van der Waals surface area contributed by atoms with Gasteiger partial charge < -0.3 is 9.64 Å². The lowest BCUT2D eigenvalue weighted by Crippen LogP contribution is -2.45. The molecule has 0 aromatic carbocycles. The Hall–Kier alpha value is -0.0600. The Labute approximate surface area is 108 Å². The zero-order chi connectivity index (χ0) is 12.3. The highest BCUT2D eigenvalue weighted by Crippen LogP contribution is 2.39. The number of ether oxygens (including phenoxy) is 1. The molecule has 1 atom stereocenters. The highest BCUT2D eigenvalue weighted by atomic mass is 32.2. The maximum absolute atomic E-state index is 12.1. The van der Waals surface area contributed by atoms with Gasteiger partial charge in [0.15, 0.2) is 0 Å². The van der Waals surface area contributed by atoms with Crippen molar-refractivity contribution in [3.05, 3.63) is 0 Å². The highest BCUT2D eigenvalue weighted by molar-refractivity contribution is 7.99. The Morgan fingerprint density at radius 1 is 1.41 bits per heavy atom. The van der Waals surface area contributed by atoms with Crippen LogP contribution in [0.4, 0.5) is 0 Å². The molecule has 0 aromatic heterocycles. The monoisotopic (exact) mass is 257 g/mol. The van der Waals surface area contributed by atoms with Crippen LogP contribution in [0.5, 0.6) is 0 Å². The molecule has 1 unspecified atom stereocenters. The van der Waals surface area contributed by atoms with Crippen molar-refractivity contribution in [2.45, 2.75) is 31.3 Å². The van der Waals surface area contributed by atoms with Crippen LogP contribution < -0.4 is 0 Å². The van der Waals surface area contributed by atoms with Crippen LogP contribution in [0, 0.1) is 5.92 Å². The van der Waals surface area contributed by atoms with Crippen LogP contribution in [-0.2, 0) is 9.53 Å². The van der Waals surface area contributed by atoms with Gasteiger partial charge in [0, 0.05) is 12.5 Å². The average molecular weight is 257 g/mol. The number of hydrogen-bond acceptors (Lipinski definition) is 4. The molecule has 1 spiro atoms. The smallest absolute Gasteiger partial charge is 0.150 e. The normalized spacial score (nSPS) is 28.5. The molecule has 17 heavy (non-hydrogen) atoms. The van der Waals surface area contributed by atoms with Gasteiger partial charge >= 0.3 is 0 Å². The summed E-state index contributed by atoms with van der Waals surface area (Å²) in [5, 5.41) is 0. The molecule has 3 nitrogen and oxygen atoms in total. The van der Waals surface area contributed by atoms with E-state index in [1.807, 2.05) is 30.8 Å². The maximum Gasteiger partial charge on any atom is 0.150 e. The summed E-state index contributed by atoms with van der Waals surface area (Å²) >= 11 is 2.01. The summed E-state index contributed by atoms with van der Waals surface area (Å²) in [5.41, 5.74) is 0.0378. The molecule has 0 radical (unpaired) electrons. The third-order valence-electron chi connectivity index (χ3n) is 3.82. The SMILES string of the molecule is CN(C)CC(=O)C1CCOC2(CCSCC2)C1. The Morgan fingerprint density at radius 2 is 2.12 bits per heavy atom. The van der Waals surface area contributed by atoms with Crippen molar-refractivity contribution in [3.8, 4) is 0 Å². The Kier molecular flexibility index (Phi) is 4.50. The molecule has 98 valence electrons. The van der Waals surface area contributed by atoms with E-state index in [-0.39, 0.29) is 11.5 Å². The third-order valence-corrected chi connectivity index (χ3v) is 4.81. The first-order valence-electron chi connectivity index (χ1n) is 6.50. The van der Waals surface area contributed by atoms with Crippen LogP contribution in [0.3, 0.4) is 0 Å². The minimum absolute atomic E-state index is 0.0378. The highest BCUT2D eigenvalue weighted by Gasteiger charge is 2.40. The summed E-state index contributed by atoms with van der Waals surface area (Å²) in [6.45, 7) is 1.35. The van der Waals surface area contributed by atoms with Gasteiger partial charge in [-0.25, -0.2) is 0 Å². The topological polar surface area (TPSA) is 29.5 Å². The molecule has 2 fully saturated rings. The molecule has 0 N–H and O–H groups in total. The van der Waals surface area contributed by atoms with E-state index in [1.54, 1.807) is 0 Å². The van der Waals surface area contributed by atoms with Crippen molar-refractivity contribution < 1.29 is 9.53 Å². The van der Waals surface area contributed by atoms with E-state index in [9.17, 15) is 4.79 Å². The molecule has 2 rings (SSSR count). The molecule has 2 aliphatic rings. The van der Waals surface area contributed by atoms with Crippen LogP contribution in [0.15, 0.2) is 0 Å².